The van der Waals surface area contributed by atoms with Gasteiger partial charge in [-0.05, 0) is 76.3 Å². The summed E-state index contributed by atoms with van der Waals surface area (Å²) in [6.45, 7) is 7.41. The number of nitrogens with zero attached hydrogens (tertiary/aromatic N) is 5. The minimum absolute atomic E-state index is 0.184. The molecular weight excluding hydrogens is 410 g/mol. The number of hydrogen-bond donors (Lipinski definition) is 0. The molecule has 1 saturated heterocycles. The minimum atomic E-state index is 0.184. The largest absolute Gasteiger partial charge is 0.354 e. The molecule has 1 fully saturated rings. The number of pyridine rings is 1. The molecule has 2 aromatic heterocycles. The summed E-state index contributed by atoms with van der Waals surface area (Å²) in [5.74, 6) is 2.05. The van der Waals surface area contributed by atoms with E-state index in [4.69, 9.17) is 9.97 Å². The number of fused-ring (bicyclic) bond motifs is 2. The molecular formula is C27H35N5O. The first kappa shape index (κ1) is 22.1. The van der Waals surface area contributed by atoms with Gasteiger partial charge in [0.15, 0.2) is 0 Å². The third-order valence-electron chi connectivity index (χ3n) is 7.30. The van der Waals surface area contributed by atoms with Gasteiger partial charge in [0, 0.05) is 50.6 Å². The predicted octanol–water partition coefficient (Wildman–Crippen LogP) is 3.66. The van der Waals surface area contributed by atoms with E-state index in [1.165, 1.54) is 10.9 Å². The first-order valence-electron chi connectivity index (χ1n) is 12.5. The summed E-state index contributed by atoms with van der Waals surface area (Å²) in [6, 6.07) is 10.8. The second-order valence-electron chi connectivity index (χ2n) is 9.68. The van der Waals surface area contributed by atoms with Crippen molar-refractivity contribution in [2.24, 2.45) is 7.05 Å². The smallest absolute Gasteiger partial charge is 0.256 e. The van der Waals surface area contributed by atoms with E-state index in [-0.39, 0.29) is 5.56 Å². The minimum Gasteiger partial charge on any atom is -0.354 e. The molecule has 33 heavy (non-hydrogen) atoms. The average Bonchev–Trinajstić information content (AvgIpc) is 2.85. The standard InChI is InChI=1S/C27H35N5O/c1-20-10-12-23-21(19-20)11-13-26(28-23)32-17-15-31(16-18-32)14-6-5-9-25-29-24-8-4-3-7-22(24)27(33)30(25)2/h10-13,19H,3-9,14-18H2,1-2H3. The second-order valence-corrected chi connectivity index (χ2v) is 9.68. The van der Waals surface area contributed by atoms with Gasteiger partial charge in [0.1, 0.15) is 11.6 Å². The Morgan fingerprint density at radius 1 is 0.939 bits per heavy atom. The van der Waals surface area contributed by atoms with Crippen molar-refractivity contribution in [2.45, 2.75) is 51.9 Å². The van der Waals surface area contributed by atoms with Gasteiger partial charge in [-0.2, -0.15) is 0 Å². The van der Waals surface area contributed by atoms with Crippen molar-refractivity contribution < 1.29 is 0 Å². The summed E-state index contributed by atoms with van der Waals surface area (Å²) in [4.78, 5) is 27.4. The van der Waals surface area contributed by atoms with Crippen molar-refractivity contribution in [3.8, 4) is 0 Å². The Hall–Kier alpha value is -2.73. The third kappa shape index (κ3) is 4.81. The van der Waals surface area contributed by atoms with E-state index in [0.717, 1.165) is 106 Å². The number of benzene rings is 1. The number of rotatable bonds is 6. The van der Waals surface area contributed by atoms with E-state index in [9.17, 15) is 4.79 Å². The Kier molecular flexibility index (Phi) is 6.45. The van der Waals surface area contributed by atoms with Crippen LogP contribution in [0.2, 0.25) is 0 Å². The maximum Gasteiger partial charge on any atom is 0.256 e. The van der Waals surface area contributed by atoms with Gasteiger partial charge in [-0.15, -0.1) is 0 Å². The topological polar surface area (TPSA) is 54.3 Å². The number of piperazine rings is 1. The summed E-state index contributed by atoms with van der Waals surface area (Å²) in [7, 11) is 1.89. The Morgan fingerprint density at radius 2 is 1.76 bits per heavy atom. The lowest BCUT2D eigenvalue weighted by Gasteiger charge is -2.35. The normalized spacial score (nSPS) is 16.8. The molecule has 0 radical (unpaired) electrons. The molecule has 0 amide bonds. The molecule has 3 heterocycles. The highest BCUT2D eigenvalue weighted by Gasteiger charge is 2.19. The van der Waals surface area contributed by atoms with Gasteiger partial charge in [-0.1, -0.05) is 11.6 Å². The van der Waals surface area contributed by atoms with Crippen molar-refractivity contribution >= 4 is 16.7 Å². The molecule has 0 spiro atoms. The molecule has 0 atom stereocenters. The number of aromatic nitrogens is 3. The van der Waals surface area contributed by atoms with Crippen LogP contribution in [0.5, 0.6) is 0 Å². The van der Waals surface area contributed by atoms with Crippen molar-refractivity contribution in [1.29, 1.82) is 0 Å². The van der Waals surface area contributed by atoms with E-state index >= 15 is 0 Å². The Balaban J connectivity index is 1.10. The molecule has 5 rings (SSSR count). The lowest BCUT2D eigenvalue weighted by molar-refractivity contribution is 0.252. The highest BCUT2D eigenvalue weighted by atomic mass is 16.1. The van der Waals surface area contributed by atoms with Crippen LogP contribution < -0.4 is 10.5 Å². The van der Waals surface area contributed by atoms with Crippen LogP contribution in [0, 0.1) is 6.92 Å². The highest BCUT2D eigenvalue weighted by Crippen LogP contribution is 2.21. The number of unbranched alkanes of at least 4 members (excludes halogenated alkanes) is 1. The monoisotopic (exact) mass is 445 g/mol. The lowest BCUT2D eigenvalue weighted by Crippen LogP contribution is -2.46. The zero-order valence-corrected chi connectivity index (χ0v) is 20.0. The fourth-order valence-corrected chi connectivity index (χ4v) is 5.25. The van der Waals surface area contributed by atoms with Crippen LogP contribution >= 0.6 is 0 Å². The molecule has 0 unspecified atom stereocenters. The van der Waals surface area contributed by atoms with Crippen LogP contribution in [0.15, 0.2) is 35.1 Å². The van der Waals surface area contributed by atoms with E-state index in [2.05, 4.69) is 47.1 Å². The number of anilines is 1. The number of aryl methyl sites for hydroxylation is 3. The Bertz CT molecular complexity index is 1190. The summed E-state index contributed by atoms with van der Waals surface area (Å²) in [6.07, 6.45) is 7.25. The molecule has 2 aliphatic rings. The molecule has 174 valence electrons. The van der Waals surface area contributed by atoms with E-state index in [1.54, 1.807) is 4.57 Å². The Morgan fingerprint density at radius 3 is 2.61 bits per heavy atom. The molecule has 0 saturated carbocycles. The maximum absolute atomic E-state index is 12.7. The van der Waals surface area contributed by atoms with Gasteiger partial charge < -0.3 is 4.90 Å². The molecule has 1 aromatic carbocycles. The van der Waals surface area contributed by atoms with Crippen LogP contribution in [-0.4, -0.2) is 52.2 Å². The molecule has 6 heteroatoms. The van der Waals surface area contributed by atoms with Gasteiger partial charge in [0.05, 0.1) is 11.2 Å². The highest BCUT2D eigenvalue weighted by molar-refractivity contribution is 5.81. The molecule has 0 N–H and O–H groups in total. The van der Waals surface area contributed by atoms with Gasteiger partial charge in [0.2, 0.25) is 0 Å². The Labute approximate surface area is 196 Å². The SMILES string of the molecule is Cc1ccc2nc(N3CCN(CCCCc4nc5c(c(=O)n4C)CCCC5)CC3)ccc2c1. The number of hydrogen-bond acceptors (Lipinski definition) is 5. The van der Waals surface area contributed by atoms with Gasteiger partial charge >= 0.3 is 0 Å². The summed E-state index contributed by atoms with van der Waals surface area (Å²) < 4.78 is 1.79. The van der Waals surface area contributed by atoms with Gasteiger partial charge in [-0.3, -0.25) is 14.3 Å². The average molecular weight is 446 g/mol. The zero-order chi connectivity index (χ0) is 22.8. The molecule has 0 bridgehead atoms. The molecule has 1 aliphatic carbocycles. The van der Waals surface area contributed by atoms with Gasteiger partial charge in [0.25, 0.3) is 5.56 Å². The van der Waals surface area contributed by atoms with Crippen LogP contribution in [0.3, 0.4) is 0 Å². The van der Waals surface area contributed by atoms with Crippen LogP contribution in [0.4, 0.5) is 5.82 Å². The molecule has 1 aliphatic heterocycles. The zero-order valence-electron chi connectivity index (χ0n) is 20.0. The lowest BCUT2D eigenvalue weighted by atomic mass is 9.97. The van der Waals surface area contributed by atoms with E-state index < -0.39 is 0 Å². The fraction of sp³-hybridized carbons (Fsp3) is 0.519. The second kappa shape index (κ2) is 9.64. The summed E-state index contributed by atoms with van der Waals surface area (Å²) in [5.41, 5.74) is 4.55. The first-order chi connectivity index (χ1) is 16.1. The van der Waals surface area contributed by atoms with Crippen LogP contribution in [-0.2, 0) is 26.3 Å². The van der Waals surface area contributed by atoms with Crippen molar-refractivity contribution in [2.75, 3.05) is 37.6 Å². The van der Waals surface area contributed by atoms with Crippen molar-refractivity contribution in [3.63, 3.8) is 0 Å². The first-order valence-corrected chi connectivity index (χ1v) is 12.5. The van der Waals surface area contributed by atoms with Crippen LogP contribution in [0.1, 0.15) is 48.3 Å². The van der Waals surface area contributed by atoms with E-state index in [0.29, 0.717) is 0 Å². The molecule has 6 nitrogen and oxygen atoms in total. The van der Waals surface area contributed by atoms with Crippen molar-refractivity contribution in [1.82, 2.24) is 19.4 Å². The van der Waals surface area contributed by atoms with Gasteiger partial charge in [-0.25, -0.2) is 9.97 Å². The molecule has 3 aromatic rings. The van der Waals surface area contributed by atoms with Crippen molar-refractivity contribution in [3.05, 3.63) is 63.3 Å². The quantitative estimate of drug-likeness (QED) is 0.542. The summed E-state index contributed by atoms with van der Waals surface area (Å²) in [5, 5.41) is 1.21. The maximum atomic E-state index is 12.7. The fourth-order valence-electron chi connectivity index (χ4n) is 5.25. The van der Waals surface area contributed by atoms with Crippen LogP contribution in [0.25, 0.3) is 10.9 Å². The third-order valence-corrected chi connectivity index (χ3v) is 7.30. The predicted molar refractivity (Wildman–Crippen MR) is 134 cm³/mol. The van der Waals surface area contributed by atoms with E-state index in [1.807, 2.05) is 7.05 Å². The summed E-state index contributed by atoms with van der Waals surface area (Å²) >= 11 is 0.